The lowest BCUT2D eigenvalue weighted by atomic mass is 10.0. The molecule has 0 saturated heterocycles. The largest absolute Gasteiger partial charge is 0.480 e. The molecule has 0 aliphatic rings. The van der Waals surface area contributed by atoms with Gasteiger partial charge in [-0.05, 0) is 47.0 Å². The van der Waals surface area contributed by atoms with Gasteiger partial charge in [0.2, 0.25) is 0 Å². The van der Waals surface area contributed by atoms with Gasteiger partial charge in [0.25, 0.3) is 0 Å². The van der Waals surface area contributed by atoms with Crippen LogP contribution in [0.2, 0.25) is 0 Å². The first-order valence-electron chi connectivity index (χ1n) is 9.76. The van der Waals surface area contributed by atoms with Crippen LogP contribution in [-0.4, -0.2) is 111 Å². The molecule has 0 aliphatic carbocycles. The highest BCUT2D eigenvalue weighted by atomic mass is 16.5. The third kappa shape index (κ3) is 14.4. The molecule has 28 heavy (non-hydrogen) atoms. The number of aliphatic carboxylic acids is 1. The number of nitrogens with zero attached hydrogens (tertiary/aromatic N) is 3. The summed E-state index contributed by atoms with van der Waals surface area (Å²) < 4.78 is 10.3. The Labute approximate surface area is 168 Å². The SMILES string of the molecule is CCOC(=O)CN(C)CC[C@H](CC)COC(=O)CN(C)CCN(C)CC(=O)O. The van der Waals surface area contributed by atoms with Crippen LogP contribution in [0.25, 0.3) is 0 Å². The first-order chi connectivity index (χ1) is 13.2. The van der Waals surface area contributed by atoms with E-state index in [1.165, 1.54) is 0 Å². The Morgan fingerprint density at radius 2 is 1.32 bits per heavy atom. The van der Waals surface area contributed by atoms with Crippen LogP contribution in [0.5, 0.6) is 0 Å². The average molecular weight is 404 g/mol. The molecule has 0 fully saturated rings. The molecule has 9 heteroatoms. The number of rotatable bonds is 16. The smallest absolute Gasteiger partial charge is 0.320 e. The molecule has 1 atom stereocenters. The van der Waals surface area contributed by atoms with Gasteiger partial charge in [-0.2, -0.15) is 0 Å². The lowest BCUT2D eigenvalue weighted by Crippen LogP contribution is -2.36. The number of carbonyl (C=O) groups excluding carboxylic acids is 2. The van der Waals surface area contributed by atoms with Gasteiger partial charge in [-0.25, -0.2) is 0 Å². The van der Waals surface area contributed by atoms with E-state index >= 15 is 0 Å². The van der Waals surface area contributed by atoms with E-state index in [4.69, 9.17) is 14.6 Å². The Bertz CT molecular complexity index is 475. The molecule has 0 radical (unpaired) electrons. The van der Waals surface area contributed by atoms with Crippen LogP contribution in [0.1, 0.15) is 26.7 Å². The van der Waals surface area contributed by atoms with Gasteiger partial charge in [0.1, 0.15) is 0 Å². The summed E-state index contributed by atoms with van der Waals surface area (Å²) in [6.45, 7) is 6.82. The quantitative estimate of drug-likeness (QED) is 0.367. The molecule has 0 saturated carbocycles. The van der Waals surface area contributed by atoms with Crippen LogP contribution in [-0.2, 0) is 23.9 Å². The van der Waals surface area contributed by atoms with Crippen LogP contribution in [0.4, 0.5) is 0 Å². The summed E-state index contributed by atoms with van der Waals surface area (Å²) in [5.74, 6) is -1.16. The van der Waals surface area contributed by atoms with Gasteiger partial charge >= 0.3 is 17.9 Å². The zero-order valence-electron chi connectivity index (χ0n) is 18.0. The summed E-state index contributed by atoms with van der Waals surface area (Å²) in [7, 11) is 5.40. The summed E-state index contributed by atoms with van der Waals surface area (Å²) in [6, 6.07) is 0. The molecule has 0 aliphatic heterocycles. The van der Waals surface area contributed by atoms with Crippen molar-refractivity contribution in [3.05, 3.63) is 0 Å². The van der Waals surface area contributed by atoms with E-state index < -0.39 is 5.97 Å². The molecule has 0 unspecified atom stereocenters. The highest BCUT2D eigenvalue weighted by molar-refractivity contribution is 5.72. The number of carboxylic acid groups (broad SMARTS) is 1. The summed E-state index contributed by atoms with van der Waals surface area (Å²) in [6.07, 6.45) is 1.71. The predicted octanol–water partition coefficient (Wildman–Crippen LogP) is 0.389. The van der Waals surface area contributed by atoms with Gasteiger partial charge in [0, 0.05) is 13.1 Å². The van der Waals surface area contributed by atoms with Gasteiger partial charge in [0.05, 0.1) is 32.8 Å². The van der Waals surface area contributed by atoms with Crippen molar-refractivity contribution in [3.8, 4) is 0 Å². The summed E-state index contributed by atoms with van der Waals surface area (Å²) >= 11 is 0. The van der Waals surface area contributed by atoms with E-state index in [2.05, 4.69) is 0 Å². The Morgan fingerprint density at radius 3 is 1.82 bits per heavy atom. The monoisotopic (exact) mass is 403 g/mol. The van der Waals surface area contributed by atoms with Gasteiger partial charge in [0.15, 0.2) is 0 Å². The number of ether oxygens (including phenoxy) is 2. The summed E-state index contributed by atoms with van der Waals surface area (Å²) in [5.41, 5.74) is 0. The second-order valence-corrected chi connectivity index (χ2v) is 7.16. The van der Waals surface area contributed by atoms with E-state index in [9.17, 15) is 14.4 Å². The van der Waals surface area contributed by atoms with E-state index in [0.29, 0.717) is 26.3 Å². The van der Waals surface area contributed by atoms with Crippen LogP contribution in [0, 0.1) is 5.92 Å². The molecular weight excluding hydrogens is 366 g/mol. The number of carboxylic acids is 1. The zero-order valence-corrected chi connectivity index (χ0v) is 18.0. The topological polar surface area (TPSA) is 99.6 Å². The fourth-order valence-corrected chi connectivity index (χ4v) is 2.52. The maximum Gasteiger partial charge on any atom is 0.320 e. The molecule has 0 bridgehead atoms. The van der Waals surface area contributed by atoms with Crippen molar-refractivity contribution >= 4 is 17.9 Å². The number of carbonyl (C=O) groups is 3. The third-order valence-electron chi connectivity index (χ3n) is 4.35. The third-order valence-corrected chi connectivity index (χ3v) is 4.35. The van der Waals surface area contributed by atoms with Crippen LogP contribution in [0.3, 0.4) is 0 Å². The molecule has 164 valence electrons. The molecule has 0 heterocycles. The molecule has 0 spiro atoms. The highest BCUT2D eigenvalue weighted by Gasteiger charge is 2.15. The van der Waals surface area contributed by atoms with E-state index in [0.717, 1.165) is 19.4 Å². The van der Waals surface area contributed by atoms with E-state index in [1.807, 2.05) is 23.8 Å². The molecule has 0 aromatic heterocycles. The van der Waals surface area contributed by atoms with Crippen LogP contribution >= 0.6 is 0 Å². The Kier molecular flexibility index (Phi) is 14.3. The fourth-order valence-electron chi connectivity index (χ4n) is 2.52. The lowest BCUT2D eigenvalue weighted by Gasteiger charge is -2.22. The predicted molar refractivity (Wildman–Crippen MR) is 106 cm³/mol. The molecule has 0 rings (SSSR count). The minimum absolute atomic E-state index is 0.0267. The molecule has 0 amide bonds. The van der Waals surface area contributed by atoms with Gasteiger partial charge in [-0.1, -0.05) is 13.3 Å². The van der Waals surface area contributed by atoms with E-state index in [1.54, 1.807) is 25.9 Å². The molecule has 0 aromatic carbocycles. The van der Waals surface area contributed by atoms with Crippen molar-refractivity contribution in [3.63, 3.8) is 0 Å². The first kappa shape index (κ1) is 26.3. The standard InChI is InChI=1S/C19H37N3O6/c1-6-16(8-9-20(3)13-18(25)27-7-2)15-28-19(26)14-22(5)11-10-21(4)12-17(23)24/h16H,6-15H2,1-5H3,(H,23,24)/t16-/m0/s1. The Hall–Kier alpha value is -1.71. The summed E-state index contributed by atoms with van der Waals surface area (Å²) in [5, 5.41) is 8.73. The number of hydrogen-bond acceptors (Lipinski definition) is 8. The molecule has 0 aromatic rings. The van der Waals surface area contributed by atoms with Crippen LogP contribution < -0.4 is 0 Å². The lowest BCUT2D eigenvalue weighted by molar-refractivity contribution is -0.146. The van der Waals surface area contributed by atoms with Crippen molar-refractivity contribution in [1.29, 1.82) is 0 Å². The number of likely N-dealkylation sites (N-methyl/N-ethyl adjacent to an activating group) is 3. The normalized spacial score (nSPS) is 12.4. The van der Waals surface area contributed by atoms with Crippen molar-refractivity contribution < 1.29 is 29.0 Å². The Balaban J connectivity index is 4.05. The van der Waals surface area contributed by atoms with Gasteiger partial charge in [-0.15, -0.1) is 0 Å². The van der Waals surface area contributed by atoms with Crippen LogP contribution in [0.15, 0.2) is 0 Å². The average Bonchev–Trinajstić information content (AvgIpc) is 2.59. The second-order valence-electron chi connectivity index (χ2n) is 7.16. The fraction of sp³-hybridized carbons (Fsp3) is 0.842. The van der Waals surface area contributed by atoms with Gasteiger partial charge < -0.3 is 14.6 Å². The van der Waals surface area contributed by atoms with Gasteiger partial charge in [-0.3, -0.25) is 29.1 Å². The molecule has 9 nitrogen and oxygen atoms in total. The number of esters is 2. The minimum Gasteiger partial charge on any atom is -0.480 e. The molecule has 1 N–H and O–H groups in total. The van der Waals surface area contributed by atoms with Crippen molar-refractivity contribution in [2.45, 2.75) is 26.7 Å². The van der Waals surface area contributed by atoms with Crippen molar-refractivity contribution in [1.82, 2.24) is 14.7 Å². The van der Waals surface area contributed by atoms with Crippen molar-refractivity contribution in [2.24, 2.45) is 5.92 Å². The second kappa shape index (κ2) is 15.2. The van der Waals surface area contributed by atoms with Crippen molar-refractivity contribution in [2.75, 3.05) is 73.6 Å². The highest BCUT2D eigenvalue weighted by Crippen LogP contribution is 2.10. The minimum atomic E-state index is -0.872. The molecular formula is C19H37N3O6. The maximum absolute atomic E-state index is 12.0. The number of hydrogen-bond donors (Lipinski definition) is 1. The Morgan fingerprint density at radius 1 is 0.821 bits per heavy atom. The first-order valence-corrected chi connectivity index (χ1v) is 9.76. The maximum atomic E-state index is 12.0. The summed E-state index contributed by atoms with van der Waals surface area (Å²) in [4.78, 5) is 39.5. The van der Waals surface area contributed by atoms with E-state index in [-0.39, 0.29) is 37.5 Å². The zero-order chi connectivity index (χ0) is 21.5.